The largest absolute Gasteiger partial charge is 0.492 e. The molecule has 2 aromatic rings. The summed E-state index contributed by atoms with van der Waals surface area (Å²) < 4.78 is 43.7. The lowest BCUT2D eigenvalue weighted by Gasteiger charge is -2.28. The van der Waals surface area contributed by atoms with E-state index in [4.69, 9.17) is 4.74 Å². The number of benzene rings is 2. The van der Waals surface area contributed by atoms with E-state index in [0.29, 0.717) is 11.1 Å². The molecule has 0 saturated heterocycles. The van der Waals surface area contributed by atoms with Crippen LogP contribution in [0.1, 0.15) is 15.9 Å². The lowest BCUT2D eigenvalue weighted by molar-refractivity contribution is 0.0840. The van der Waals surface area contributed by atoms with Crippen LogP contribution in [0.2, 0.25) is 0 Å². The molecule has 0 bridgehead atoms. The molecule has 2 aromatic carbocycles. The van der Waals surface area contributed by atoms with E-state index in [0.717, 1.165) is 4.31 Å². The number of ether oxygens (including phenoxy) is 1. The Hall–Kier alpha value is -2.41. The van der Waals surface area contributed by atoms with E-state index in [1.54, 1.807) is 30.3 Å². The first-order valence-electron chi connectivity index (χ1n) is 6.98. The van der Waals surface area contributed by atoms with Crippen LogP contribution < -0.4 is 4.74 Å². The number of sulfonamides is 1. The Balaban J connectivity index is 1.73. The van der Waals surface area contributed by atoms with Crippen LogP contribution in [0.15, 0.2) is 48.5 Å². The highest BCUT2D eigenvalue weighted by Crippen LogP contribution is 2.24. The molecule has 5 nitrogen and oxygen atoms in total. The number of nitrogens with zero attached hydrogens (tertiary/aromatic N) is 1. The van der Waals surface area contributed by atoms with Gasteiger partial charge in [0.2, 0.25) is 10.0 Å². The SMILES string of the molecule is O=C1c2ccccc2CS(=O)(=O)N1CCOc1cccc(F)c1. The molecule has 23 heavy (non-hydrogen) atoms. The maximum atomic E-state index is 13.1. The molecule has 120 valence electrons. The summed E-state index contributed by atoms with van der Waals surface area (Å²) in [5, 5.41) is 0. The Morgan fingerprint density at radius 3 is 2.70 bits per heavy atom. The van der Waals surface area contributed by atoms with Crippen molar-refractivity contribution in [1.82, 2.24) is 4.31 Å². The molecule has 0 fully saturated rings. The fourth-order valence-corrected chi connectivity index (χ4v) is 3.94. The fourth-order valence-electron chi connectivity index (χ4n) is 2.43. The molecule has 3 rings (SSSR count). The van der Waals surface area contributed by atoms with Gasteiger partial charge in [0, 0.05) is 11.6 Å². The predicted molar refractivity (Wildman–Crippen MR) is 82.0 cm³/mol. The summed E-state index contributed by atoms with van der Waals surface area (Å²) in [6.45, 7) is -0.164. The number of hydrogen-bond donors (Lipinski definition) is 0. The molecule has 0 aliphatic carbocycles. The number of rotatable bonds is 4. The third kappa shape index (κ3) is 3.19. The van der Waals surface area contributed by atoms with Crippen molar-refractivity contribution >= 4 is 15.9 Å². The van der Waals surface area contributed by atoms with Crippen LogP contribution in [0.4, 0.5) is 4.39 Å². The third-order valence-electron chi connectivity index (χ3n) is 3.51. The topological polar surface area (TPSA) is 63.7 Å². The van der Waals surface area contributed by atoms with E-state index in [2.05, 4.69) is 0 Å². The monoisotopic (exact) mass is 335 g/mol. The standard InChI is InChI=1S/C16H14FNO4S/c17-13-5-3-6-14(10-13)22-9-8-18-16(19)15-7-2-1-4-12(15)11-23(18,20)21/h1-7,10H,8-9,11H2. The molecule has 7 heteroatoms. The van der Waals surface area contributed by atoms with Crippen molar-refractivity contribution in [3.63, 3.8) is 0 Å². The van der Waals surface area contributed by atoms with Gasteiger partial charge in [0.25, 0.3) is 5.91 Å². The minimum atomic E-state index is -3.72. The molecule has 1 amide bonds. The smallest absolute Gasteiger partial charge is 0.267 e. The van der Waals surface area contributed by atoms with Crippen molar-refractivity contribution in [3.05, 3.63) is 65.5 Å². The second-order valence-corrected chi connectivity index (χ2v) is 6.99. The summed E-state index contributed by atoms with van der Waals surface area (Å²) in [4.78, 5) is 12.4. The van der Waals surface area contributed by atoms with Gasteiger partial charge in [-0.25, -0.2) is 17.1 Å². The van der Waals surface area contributed by atoms with Crippen LogP contribution in [-0.4, -0.2) is 31.8 Å². The predicted octanol–water partition coefficient (Wildman–Crippen LogP) is 2.19. The normalized spacial score (nSPS) is 16.0. The Labute approximate surface area is 133 Å². The lowest BCUT2D eigenvalue weighted by Crippen LogP contribution is -2.44. The number of carbonyl (C=O) groups is 1. The average molecular weight is 335 g/mol. The van der Waals surface area contributed by atoms with Crippen molar-refractivity contribution in [2.75, 3.05) is 13.2 Å². The highest BCUT2D eigenvalue weighted by atomic mass is 32.2. The van der Waals surface area contributed by atoms with Crippen LogP contribution in [-0.2, 0) is 15.8 Å². The summed E-state index contributed by atoms with van der Waals surface area (Å²) in [5.41, 5.74) is 0.882. The van der Waals surface area contributed by atoms with Gasteiger partial charge in [-0.1, -0.05) is 24.3 Å². The van der Waals surface area contributed by atoms with Gasteiger partial charge in [0.1, 0.15) is 18.2 Å². The van der Waals surface area contributed by atoms with Crippen LogP contribution in [0.3, 0.4) is 0 Å². The summed E-state index contributed by atoms with van der Waals surface area (Å²) in [6, 6.07) is 12.2. The van der Waals surface area contributed by atoms with Gasteiger partial charge in [0.15, 0.2) is 0 Å². The maximum Gasteiger partial charge on any atom is 0.267 e. The Kier molecular flexibility index (Phi) is 4.04. The van der Waals surface area contributed by atoms with Crippen molar-refractivity contribution < 1.29 is 22.3 Å². The zero-order valence-corrected chi connectivity index (χ0v) is 12.9. The van der Waals surface area contributed by atoms with Gasteiger partial charge in [-0.2, -0.15) is 0 Å². The molecular formula is C16H14FNO4S. The maximum absolute atomic E-state index is 13.1. The van der Waals surface area contributed by atoms with Crippen LogP contribution in [0, 0.1) is 5.82 Å². The molecule has 0 saturated carbocycles. The molecule has 0 N–H and O–H groups in total. The molecule has 0 radical (unpaired) electrons. The highest BCUT2D eigenvalue weighted by molar-refractivity contribution is 7.89. The third-order valence-corrected chi connectivity index (χ3v) is 5.20. The van der Waals surface area contributed by atoms with Crippen LogP contribution >= 0.6 is 0 Å². The molecular weight excluding hydrogens is 321 g/mol. The zero-order chi connectivity index (χ0) is 16.4. The molecule has 1 heterocycles. The average Bonchev–Trinajstić information content (AvgIpc) is 2.50. The van der Waals surface area contributed by atoms with E-state index in [1.165, 1.54) is 18.2 Å². The molecule has 0 aromatic heterocycles. The van der Waals surface area contributed by atoms with Crippen molar-refractivity contribution in [2.24, 2.45) is 0 Å². The van der Waals surface area contributed by atoms with E-state index in [-0.39, 0.29) is 24.7 Å². The number of halogens is 1. The summed E-state index contributed by atoms with van der Waals surface area (Å²) >= 11 is 0. The quantitative estimate of drug-likeness (QED) is 0.859. The van der Waals surface area contributed by atoms with E-state index in [1.807, 2.05) is 0 Å². The number of amides is 1. The van der Waals surface area contributed by atoms with Gasteiger partial charge in [-0.05, 0) is 23.8 Å². The number of fused-ring (bicyclic) bond motifs is 1. The second-order valence-electron chi connectivity index (χ2n) is 5.10. The van der Waals surface area contributed by atoms with E-state index < -0.39 is 21.7 Å². The highest BCUT2D eigenvalue weighted by Gasteiger charge is 2.35. The van der Waals surface area contributed by atoms with Gasteiger partial charge in [-0.15, -0.1) is 0 Å². The molecule has 0 atom stereocenters. The second kappa shape index (κ2) is 6.00. The van der Waals surface area contributed by atoms with Crippen molar-refractivity contribution in [2.45, 2.75) is 5.75 Å². The fraction of sp³-hybridized carbons (Fsp3) is 0.188. The number of carbonyl (C=O) groups excluding carboxylic acids is 1. The van der Waals surface area contributed by atoms with Gasteiger partial charge in [0.05, 0.1) is 12.3 Å². The first-order valence-corrected chi connectivity index (χ1v) is 8.59. The van der Waals surface area contributed by atoms with Gasteiger partial charge in [-0.3, -0.25) is 4.79 Å². The van der Waals surface area contributed by atoms with Crippen LogP contribution in [0.5, 0.6) is 5.75 Å². The summed E-state index contributed by atoms with van der Waals surface area (Å²) in [7, 11) is -3.72. The molecule has 0 unspecified atom stereocenters. The summed E-state index contributed by atoms with van der Waals surface area (Å²) in [5.74, 6) is -0.936. The Bertz CT molecular complexity index is 851. The van der Waals surface area contributed by atoms with E-state index in [9.17, 15) is 17.6 Å². The minimum absolute atomic E-state index is 0.0450. The number of hydrogen-bond acceptors (Lipinski definition) is 4. The summed E-state index contributed by atoms with van der Waals surface area (Å²) in [6.07, 6.45) is 0. The molecule has 0 spiro atoms. The van der Waals surface area contributed by atoms with Crippen molar-refractivity contribution in [1.29, 1.82) is 0 Å². The minimum Gasteiger partial charge on any atom is -0.492 e. The van der Waals surface area contributed by atoms with Gasteiger partial charge >= 0.3 is 0 Å². The van der Waals surface area contributed by atoms with E-state index >= 15 is 0 Å². The van der Waals surface area contributed by atoms with Crippen molar-refractivity contribution in [3.8, 4) is 5.75 Å². The first kappa shape index (κ1) is 15.5. The van der Waals surface area contributed by atoms with Crippen LogP contribution in [0.25, 0.3) is 0 Å². The Morgan fingerprint density at radius 2 is 1.91 bits per heavy atom. The Morgan fingerprint density at radius 1 is 1.13 bits per heavy atom. The first-order chi connectivity index (χ1) is 11.0. The molecule has 1 aliphatic rings. The van der Waals surface area contributed by atoms with Gasteiger partial charge < -0.3 is 4.74 Å². The molecule has 1 aliphatic heterocycles. The zero-order valence-electron chi connectivity index (χ0n) is 12.1. The lowest BCUT2D eigenvalue weighted by atomic mass is 10.1.